The van der Waals surface area contributed by atoms with Crippen molar-refractivity contribution in [1.82, 2.24) is 0 Å². The molecule has 0 aliphatic rings. The fourth-order valence-corrected chi connectivity index (χ4v) is 2.76. The summed E-state index contributed by atoms with van der Waals surface area (Å²) in [5, 5.41) is 8.85. The summed E-state index contributed by atoms with van der Waals surface area (Å²) < 4.78 is 2.04. The smallest absolute Gasteiger partial charge is 0.0991 e. The number of rotatable bonds is 1. The van der Waals surface area contributed by atoms with E-state index < -0.39 is 0 Å². The molecule has 0 aliphatic carbocycles. The molecule has 0 fully saturated rings. The highest BCUT2D eigenvalue weighted by Gasteiger charge is 2.04. The van der Waals surface area contributed by atoms with Gasteiger partial charge in [-0.25, -0.2) is 0 Å². The summed E-state index contributed by atoms with van der Waals surface area (Å²) in [6.07, 6.45) is 0. The second-order valence-corrected chi connectivity index (χ2v) is 5.09. The molecule has 0 heterocycles. The van der Waals surface area contributed by atoms with Crippen LogP contribution in [0.3, 0.4) is 0 Å². The van der Waals surface area contributed by atoms with Crippen molar-refractivity contribution in [3.8, 4) is 17.2 Å². The van der Waals surface area contributed by atoms with Crippen molar-refractivity contribution >= 4 is 31.9 Å². The van der Waals surface area contributed by atoms with E-state index >= 15 is 0 Å². The molecule has 0 aliphatic heterocycles. The zero-order chi connectivity index (χ0) is 11.5. The van der Waals surface area contributed by atoms with Crippen LogP contribution in [0, 0.1) is 11.3 Å². The van der Waals surface area contributed by atoms with Crippen molar-refractivity contribution in [3.63, 3.8) is 0 Å². The Kier molecular flexibility index (Phi) is 3.42. The van der Waals surface area contributed by atoms with Crippen molar-refractivity contribution < 1.29 is 0 Å². The van der Waals surface area contributed by atoms with E-state index in [-0.39, 0.29) is 0 Å². The average molecular weight is 337 g/mol. The molecule has 0 saturated carbocycles. The third-order valence-corrected chi connectivity index (χ3v) is 3.38. The molecule has 1 nitrogen and oxygen atoms in total. The minimum absolute atomic E-state index is 0.673. The van der Waals surface area contributed by atoms with E-state index in [4.69, 9.17) is 5.26 Å². The lowest BCUT2D eigenvalue weighted by Gasteiger charge is -2.05. The Morgan fingerprint density at radius 2 is 1.81 bits per heavy atom. The number of nitrogens with zero attached hydrogens (tertiary/aromatic N) is 1. The second-order valence-electron chi connectivity index (χ2n) is 3.32. The SMILES string of the molecule is N#Cc1cccc(-c2ccc(Br)cc2Br)c1. The van der Waals surface area contributed by atoms with E-state index in [1.54, 1.807) is 6.07 Å². The molecule has 0 radical (unpaired) electrons. The molecule has 0 unspecified atom stereocenters. The molecule has 0 amide bonds. The summed E-state index contributed by atoms with van der Waals surface area (Å²) in [6, 6.07) is 15.7. The predicted octanol–water partition coefficient (Wildman–Crippen LogP) is 4.75. The summed E-state index contributed by atoms with van der Waals surface area (Å²) in [6.45, 7) is 0. The zero-order valence-corrected chi connectivity index (χ0v) is 11.4. The Labute approximate surface area is 111 Å². The first-order chi connectivity index (χ1) is 7.70. The second kappa shape index (κ2) is 4.82. The predicted molar refractivity (Wildman–Crippen MR) is 72.0 cm³/mol. The van der Waals surface area contributed by atoms with Gasteiger partial charge in [0.1, 0.15) is 0 Å². The van der Waals surface area contributed by atoms with Crippen LogP contribution in [-0.2, 0) is 0 Å². The van der Waals surface area contributed by atoms with Gasteiger partial charge in [0.25, 0.3) is 0 Å². The summed E-state index contributed by atoms with van der Waals surface area (Å²) in [5.74, 6) is 0. The van der Waals surface area contributed by atoms with Crippen LogP contribution in [0.5, 0.6) is 0 Å². The van der Waals surface area contributed by atoms with Gasteiger partial charge in [0.05, 0.1) is 11.6 Å². The Hall–Kier alpha value is -1.11. The van der Waals surface area contributed by atoms with E-state index in [0.717, 1.165) is 20.1 Å². The highest BCUT2D eigenvalue weighted by Crippen LogP contribution is 2.30. The van der Waals surface area contributed by atoms with Crippen LogP contribution in [0.15, 0.2) is 51.4 Å². The topological polar surface area (TPSA) is 23.8 Å². The van der Waals surface area contributed by atoms with Gasteiger partial charge >= 0.3 is 0 Å². The van der Waals surface area contributed by atoms with Crippen LogP contribution in [0.25, 0.3) is 11.1 Å². The molecule has 2 aromatic rings. The van der Waals surface area contributed by atoms with E-state index in [9.17, 15) is 0 Å². The summed E-state index contributed by atoms with van der Waals surface area (Å²) in [5.41, 5.74) is 2.80. The van der Waals surface area contributed by atoms with Crippen molar-refractivity contribution in [2.24, 2.45) is 0 Å². The Morgan fingerprint density at radius 3 is 2.50 bits per heavy atom. The van der Waals surface area contributed by atoms with Gasteiger partial charge in [0.2, 0.25) is 0 Å². The molecular weight excluding hydrogens is 330 g/mol. The van der Waals surface area contributed by atoms with Crippen LogP contribution >= 0.6 is 31.9 Å². The average Bonchev–Trinajstić information content (AvgIpc) is 2.29. The van der Waals surface area contributed by atoms with Gasteiger partial charge in [-0.2, -0.15) is 5.26 Å². The van der Waals surface area contributed by atoms with Crippen molar-refractivity contribution in [2.75, 3.05) is 0 Å². The maximum absolute atomic E-state index is 8.85. The highest BCUT2D eigenvalue weighted by atomic mass is 79.9. The van der Waals surface area contributed by atoms with Crippen LogP contribution < -0.4 is 0 Å². The third-order valence-electron chi connectivity index (χ3n) is 2.23. The van der Waals surface area contributed by atoms with Gasteiger partial charge in [-0.05, 0) is 35.4 Å². The molecule has 0 N–H and O–H groups in total. The van der Waals surface area contributed by atoms with Gasteiger partial charge in [-0.15, -0.1) is 0 Å². The van der Waals surface area contributed by atoms with Crippen LogP contribution in [0.1, 0.15) is 5.56 Å². The van der Waals surface area contributed by atoms with E-state index in [0.29, 0.717) is 5.56 Å². The molecule has 0 saturated heterocycles. The number of benzene rings is 2. The monoisotopic (exact) mass is 335 g/mol. The number of hydrogen-bond acceptors (Lipinski definition) is 1. The first-order valence-corrected chi connectivity index (χ1v) is 6.25. The Morgan fingerprint density at radius 1 is 1.00 bits per heavy atom. The molecule has 0 bridgehead atoms. The van der Waals surface area contributed by atoms with E-state index in [2.05, 4.69) is 37.9 Å². The van der Waals surface area contributed by atoms with E-state index in [1.807, 2.05) is 36.4 Å². The van der Waals surface area contributed by atoms with Crippen molar-refractivity contribution in [1.29, 1.82) is 5.26 Å². The van der Waals surface area contributed by atoms with Gasteiger partial charge in [-0.3, -0.25) is 0 Å². The van der Waals surface area contributed by atoms with Crippen LogP contribution in [0.2, 0.25) is 0 Å². The highest BCUT2D eigenvalue weighted by molar-refractivity contribution is 9.11. The fourth-order valence-electron chi connectivity index (χ4n) is 1.48. The number of hydrogen-bond donors (Lipinski definition) is 0. The summed E-state index contributed by atoms with van der Waals surface area (Å²) >= 11 is 6.93. The van der Waals surface area contributed by atoms with E-state index in [1.165, 1.54) is 0 Å². The number of nitriles is 1. The molecular formula is C13H7Br2N. The first-order valence-electron chi connectivity index (χ1n) is 4.66. The van der Waals surface area contributed by atoms with Crippen LogP contribution in [0.4, 0.5) is 0 Å². The van der Waals surface area contributed by atoms with Gasteiger partial charge in [0.15, 0.2) is 0 Å². The molecule has 0 spiro atoms. The lowest BCUT2D eigenvalue weighted by molar-refractivity contribution is 1.48. The maximum Gasteiger partial charge on any atom is 0.0991 e. The quantitative estimate of drug-likeness (QED) is 0.737. The normalized spacial score (nSPS) is 9.81. The minimum atomic E-state index is 0.673. The van der Waals surface area contributed by atoms with Gasteiger partial charge in [-0.1, -0.05) is 50.1 Å². The molecule has 2 aromatic carbocycles. The molecule has 2 rings (SSSR count). The minimum Gasteiger partial charge on any atom is -0.192 e. The third kappa shape index (κ3) is 2.34. The summed E-state index contributed by atoms with van der Waals surface area (Å²) in [7, 11) is 0. The lowest BCUT2D eigenvalue weighted by Crippen LogP contribution is -1.81. The summed E-state index contributed by atoms with van der Waals surface area (Å²) in [4.78, 5) is 0. The van der Waals surface area contributed by atoms with Crippen LogP contribution in [-0.4, -0.2) is 0 Å². The molecule has 78 valence electrons. The number of halogens is 2. The Bertz CT molecular complexity index is 570. The zero-order valence-electron chi connectivity index (χ0n) is 8.24. The standard InChI is InChI=1S/C13H7Br2N/c14-11-4-5-12(13(15)7-11)10-3-1-2-9(6-10)8-16/h1-7H. The molecule has 3 heteroatoms. The largest absolute Gasteiger partial charge is 0.192 e. The van der Waals surface area contributed by atoms with Gasteiger partial charge in [0, 0.05) is 8.95 Å². The Balaban J connectivity index is 2.55. The molecule has 0 aromatic heterocycles. The fraction of sp³-hybridized carbons (Fsp3) is 0. The first kappa shape index (κ1) is 11.4. The van der Waals surface area contributed by atoms with Crippen molar-refractivity contribution in [2.45, 2.75) is 0 Å². The maximum atomic E-state index is 8.85. The molecule has 0 atom stereocenters. The van der Waals surface area contributed by atoms with Crippen molar-refractivity contribution in [3.05, 3.63) is 57.0 Å². The van der Waals surface area contributed by atoms with Gasteiger partial charge < -0.3 is 0 Å². The molecule has 16 heavy (non-hydrogen) atoms. The lowest BCUT2D eigenvalue weighted by atomic mass is 10.0.